The van der Waals surface area contributed by atoms with Crippen molar-refractivity contribution in [3.63, 3.8) is 0 Å². The molecule has 1 aromatic heterocycles. The molecule has 214 valence electrons. The van der Waals surface area contributed by atoms with Gasteiger partial charge in [0.1, 0.15) is 5.82 Å². The molecule has 4 heterocycles. The van der Waals surface area contributed by atoms with Crippen molar-refractivity contribution in [2.75, 3.05) is 46.0 Å². The predicted octanol–water partition coefficient (Wildman–Crippen LogP) is 2.40. The van der Waals surface area contributed by atoms with Crippen molar-refractivity contribution in [2.45, 2.75) is 36.5 Å². The smallest absolute Gasteiger partial charge is 0.256 e. The van der Waals surface area contributed by atoms with Crippen molar-refractivity contribution in [3.05, 3.63) is 53.0 Å². The summed E-state index contributed by atoms with van der Waals surface area (Å²) < 4.78 is 49.0. The second-order valence-electron chi connectivity index (χ2n) is 11.4. The van der Waals surface area contributed by atoms with Crippen LogP contribution >= 0.6 is 0 Å². The molecule has 4 fully saturated rings. The van der Waals surface area contributed by atoms with E-state index in [0.29, 0.717) is 56.1 Å². The molecule has 3 aliphatic heterocycles. The molecular weight excluding hydrogens is 539 g/mol. The minimum absolute atomic E-state index is 0.0721. The Morgan fingerprint density at radius 1 is 0.975 bits per heavy atom. The summed E-state index contributed by atoms with van der Waals surface area (Å²) in [6.07, 6.45) is 4.04. The Kier molecular flexibility index (Phi) is 7.26. The molecule has 2 atom stereocenters. The lowest BCUT2D eigenvalue weighted by Gasteiger charge is -2.23. The summed E-state index contributed by atoms with van der Waals surface area (Å²) in [4.78, 5) is 34.3. The monoisotopic (exact) mass is 572 g/mol. The number of carbonyl (C=O) groups is 2. The van der Waals surface area contributed by atoms with Crippen molar-refractivity contribution in [2.24, 2.45) is 22.9 Å². The molecule has 0 radical (unpaired) electrons. The van der Waals surface area contributed by atoms with E-state index in [1.807, 2.05) is 11.0 Å². The number of halogens is 1. The summed E-state index contributed by atoms with van der Waals surface area (Å²) in [6.45, 7) is 3.83. The quantitative estimate of drug-likeness (QED) is 0.539. The van der Waals surface area contributed by atoms with Crippen LogP contribution in [-0.2, 0) is 14.8 Å². The second kappa shape index (κ2) is 10.7. The van der Waals surface area contributed by atoms with Crippen LogP contribution in [0.15, 0.2) is 35.2 Å². The SMILES string of the molecule is NS(=O)(=O)c1ccc(C(=O)N2C[C@@H]3CN(C(=O)c4cc(OCC5CCOCC5)nc(C5CC5)c4)C[C@H]3C2)c(F)c1. The van der Waals surface area contributed by atoms with Crippen LogP contribution in [0.1, 0.15) is 58.0 Å². The highest BCUT2D eigenvalue weighted by Crippen LogP contribution is 2.40. The molecule has 10 nitrogen and oxygen atoms in total. The molecule has 1 aliphatic carbocycles. The number of fused-ring (bicyclic) bond motifs is 1. The lowest BCUT2D eigenvalue weighted by atomic mass is 10.0. The highest BCUT2D eigenvalue weighted by molar-refractivity contribution is 7.89. The van der Waals surface area contributed by atoms with Crippen LogP contribution in [0.3, 0.4) is 0 Å². The molecular formula is C28H33FN4O6S. The number of sulfonamides is 1. The van der Waals surface area contributed by atoms with Gasteiger partial charge in [-0.1, -0.05) is 0 Å². The van der Waals surface area contributed by atoms with Crippen molar-refractivity contribution >= 4 is 21.8 Å². The van der Waals surface area contributed by atoms with Gasteiger partial charge in [0, 0.05) is 74.5 Å². The number of carbonyl (C=O) groups excluding carboxylic acids is 2. The van der Waals surface area contributed by atoms with E-state index in [0.717, 1.165) is 62.8 Å². The number of nitrogens with two attached hydrogens (primary N) is 1. The average molecular weight is 573 g/mol. The Bertz CT molecular complexity index is 1410. The number of benzene rings is 1. The van der Waals surface area contributed by atoms with Gasteiger partial charge in [-0.3, -0.25) is 9.59 Å². The number of rotatable bonds is 7. The summed E-state index contributed by atoms with van der Waals surface area (Å²) >= 11 is 0. The first-order valence-corrected chi connectivity index (χ1v) is 15.3. The Balaban J connectivity index is 1.10. The molecule has 1 saturated carbocycles. The molecule has 6 rings (SSSR count). The van der Waals surface area contributed by atoms with E-state index in [1.165, 1.54) is 0 Å². The highest BCUT2D eigenvalue weighted by atomic mass is 32.2. The fourth-order valence-electron chi connectivity index (χ4n) is 5.95. The van der Waals surface area contributed by atoms with Gasteiger partial charge in [0.2, 0.25) is 15.9 Å². The van der Waals surface area contributed by atoms with Gasteiger partial charge in [-0.25, -0.2) is 22.9 Å². The number of nitrogens with zero attached hydrogens (tertiary/aromatic N) is 3. The number of ether oxygens (including phenoxy) is 2. The summed E-state index contributed by atoms with van der Waals surface area (Å²) in [7, 11) is -4.07. The third-order valence-electron chi connectivity index (χ3n) is 8.43. The first-order valence-electron chi connectivity index (χ1n) is 13.8. The maximum absolute atomic E-state index is 14.6. The number of primary sulfonamides is 1. The summed E-state index contributed by atoms with van der Waals surface area (Å²) in [5, 5.41) is 5.06. The van der Waals surface area contributed by atoms with Gasteiger partial charge in [-0.05, 0) is 55.9 Å². The number of likely N-dealkylation sites (tertiary alicyclic amines) is 2. The van der Waals surface area contributed by atoms with E-state index in [-0.39, 0.29) is 28.2 Å². The van der Waals surface area contributed by atoms with Gasteiger partial charge >= 0.3 is 0 Å². The maximum Gasteiger partial charge on any atom is 0.256 e. The second-order valence-corrected chi connectivity index (χ2v) is 12.9. The Morgan fingerprint density at radius 3 is 2.23 bits per heavy atom. The molecule has 2 N–H and O–H groups in total. The Hall–Kier alpha value is -3.09. The minimum Gasteiger partial charge on any atom is -0.477 e. The average Bonchev–Trinajstić information content (AvgIpc) is 3.60. The molecule has 2 aromatic rings. The summed E-state index contributed by atoms with van der Waals surface area (Å²) in [5.74, 6) is -0.0620. The van der Waals surface area contributed by atoms with Crippen molar-refractivity contribution < 1.29 is 31.9 Å². The molecule has 40 heavy (non-hydrogen) atoms. The number of aromatic nitrogens is 1. The lowest BCUT2D eigenvalue weighted by Crippen LogP contribution is -2.36. The van der Waals surface area contributed by atoms with E-state index in [1.54, 1.807) is 11.0 Å². The number of hydrogen-bond acceptors (Lipinski definition) is 7. The molecule has 0 spiro atoms. The minimum atomic E-state index is -4.07. The first kappa shape index (κ1) is 27.1. The zero-order valence-corrected chi connectivity index (χ0v) is 22.9. The van der Waals surface area contributed by atoms with Crippen LogP contribution in [0.4, 0.5) is 4.39 Å². The van der Waals surface area contributed by atoms with Gasteiger partial charge in [-0.15, -0.1) is 0 Å². The van der Waals surface area contributed by atoms with Crippen molar-refractivity contribution in [1.82, 2.24) is 14.8 Å². The van der Waals surface area contributed by atoms with Crippen molar-refractivity contribution in [1.29, 1.82) is 0 Å². The van der Waals surface area contributed by atoms with E-state index < -0.39 is 21.7 Å². The normalized spacial score (nSPS) is 23.4. The van der Waals surface area contributed by atoms with Gasteiger partial charge in [0.25, 0.3) is 11.8 Å². The molecule has 3 saturated heterocycles. The third-order valence-corrected chi connectivity index (χ3v) is 9.34. The van der Waals surface area contributed by atoms with Crippen LogP contribution < -0.4 is 9.88 Å². The Labute approximate surface area is 232 Å². The van der Waals surface area contributed by atoms with Crippen LogP contribution in [-0.4, -0.2) is 81.0 Å². The van der Waals surface area contributed by atoms with Gasteiger partial charge in [-0.2, -0.15) is 0 Å². The Morgan fingerprint density at radius 2 is 1.62 bits per heavy atom. The summed E-state index contributed by atoms with van der Waals surface area (Å²) in [5.41, 5.74) is 1.28. The molecule has 4 aliphatic rings. The molecule has 0 bridgehead atoms. The summed E-state index contributed by atoms with van der Waals surface area (Å²) in [6, 6.07) is 6.69. The lowest BCUT2D eigenvalue weighted by molar-refractivity contribution is 0.0490. The van der Waals surface area contributed by atoms with E-state index >= 15 is 0 Å². The van der Waals surface area contributed by atoms with E-state index in [4.69, 9.17) is 19.6 Å². The highest BCUT2D eigenvalue weighted by Gasteiger charge is 2.44. The standard InChI is InChI=1S/C28H33FN4O6S/c29-24-11-22(40(30,36)37)3-4-23(24)28(35)33-14-20-12-32(13-21(20)15-33)27(34)19-9-25(18-1-2-18)31-26(10-19)39-16-17-5-7-38-8-6-17/h3-4,9-11,17-18,20-21H,1-2,5-8,12-16H2,(H2,30,36,37)/t20-,21-/m0/s1. The zero-order chi connectivity index (χ0) is 28.0. The van der Waals surface area contributed by atoms with Crippen molar-refractivity contribution in [3.8, 4) is 5.88 Å². The van der Waals surface area contributed by atoms with E-state index in [2.05, 4.69) is 0 Å². The topological polar surface area (TPSA) is 132 Å². The third kappa shape index (κ3) is 5.70. The van der Waals surface area contributed by atoms with Crippen LogP contribution in [0, 0.1) is 23.6 Å². The molecule has 12 heteroatoms. The zero-order valence-electron chi connectivity index (χ0n) is 22.1. The predicted molar refractivity (Wildman–Crippen MR) is 142 cm³/mol. The van der Waals surface area contributed by atoms with Gasteiger partial charge in [0.05, 0.1) is 17.1 Å². The van der Waals surface area contributed by atoms with E-state index in [9.17, 15) is 22.4 Å². The largest absolute Gasteiger partial charge is 0.477 e. The van der Waals surface area contributed by atoms with Crippen LogP contribution in [0.5, 0.6) is 5.88 Å². The molecule has 0 unspecified atom stereocenters. The number of pyridine rings is 1. The van der Waals surface area contributed by atoms with Crippen LogP contribution in [0.25, 0.3) is 0 Å². The van der Waals surface area contributed by atoms with Gasteiger partial charge in [0.15, 0.2) is 0 Å². The van der Waals surface area contributed by atoms with Gasteiger partial charge < -0.3 is 19.3 Å². The number of amides is 2. The maximum atomic E-state index is 14.6. The molecule has 1 aromatic carbocycles. The first-order chi connectivity index (χ1) is 19.2. The fourth-order valence-corrected chi connectivity index (χ4v) is 6.48. The van der Waals surface area contributed by atoms with Crippen LogP contribution in [0.2, 0.25) is 0 Å². The number of hydrogen-bond donors (Lipinski definition) is 1. The molecule has 2 amide bonds. The fraction of sp³-hybridized carbons (Fsp3) is 0.536.